The van der Waals surface area contributed by atoms with Crippen molar-refractivity contribution in [3.8, 4) is 0 Å². The molecule has 20 nitrogen and oxygen atoms in total. The molecule has 45 heavy (non-hydrogen) atoms. The molecule has 0 aliphatic carbocycles. The molecule has 0 aromatic rings. The molecule has 1 saturated heterocycles. The van der Waals surface area contributed by atoms with Gasteiger partial charge in [0.15, 0.2) is 0 Å². The lowest BCUT2D eigenvalue weighted by molar-refractivity contribution is -0.146. The van der Waals surface area contributed by atoms with Gasteiger partial charge in [0.2, 0.25) is 41.4 Å². The van der Waals surface area contributed by atoms with Crippen LogP contribution in [0.25, 0.3) is 0 Å². The quantitative estimate of drug-likeness (QED) is 0.0627. The zero-order chi connectivity index (χ0) is 34.4. The van der Waals surface area contributed by atoms with E-state index in [-0.39, 0.29) is 25.8 Å². The number of likely N-dealkylation sites (tertiary alicyclic amines) is 1. The number of aliphatic carboxylic acids is 2. The fourth-order valence-corrected chi connectivity index (χ4v) is 4.32. The molecule has 1 fully saturated rings. The number of carboxylic acids is 2. The largest absolute Gasteiger partial charge is 0.481 e. The Morgan fingerprint density at radius 3 is 2.04 bits per heavy atom. The highest BCUT2D eigenvalue weighted by Crippen LogP contribution is 2.20. The van der Waals surface area contributed by atoms with Crippen molar-refractivity contribution in [2.24, 2.45) is 17.2 Å². The molecule has 0 spiro atoms. The highest BCUT2D eigenvalue weighted by atomic mass is 16.4. The highest BCUT2D eigenvalue weighted by molar-refractivity contribution is 5.96. The van der Waals surface area contributed by atoms with Crippen LogP contribution in [0.5, 0.6) is 0 Å². The Labute approximate surface area is 256 Å². The van der Waals surface area contributed by atoms with Gasteiger partial charge >= 0.3 is 11.9 Å². The summed E-state index contributed by atoms with van der Waals surface area (Å²) in [6.07, 6.45) is -3.18. The molecule has 7 amide bonds. The van der Waals surface area contributed by atoms with Gasteiger partial charge in [0, 0.05) is 19.4 Å². The number of hydrogen-bond donors (Lipinski definition) is 10. The first-order chi connectivity index (χ1) is 20.9. The molecule has 0 aromatic carbocycles. The fourth-order valence-electron chi connectivity index (χ4n) is 4.32. The van der Waals surface area contributed by atoms with E-state index in [4.69, 9.17) is 22.3 Å². The summed E-state index contributed by atoms with van der Waals surface area (Å²) in [5.74, 6) is -9.18. The van der Waals surface area contributed by atoms with Gasteiger partial charge in [-0.1, -0.05) is 0 Å². The second kappa shape index (κ2) is 18.1. The number of primary amides is 2. The molecule has 0 aromatic heterocycles. The normalized spacial score (nSPS) is 17.5. The molecule has 0 saturated carbocycles. The van der Waals surface area contributed by atoms with Crippen molar-refractivity contribution >= 4 is 53.3 Å². The number of amides is 7. The lowest BCUT2D eigenvalue weighted by Gasteiger charge is -2.30. The molecular weight excluding hydrogens is 604 g/mol. The highest BCUT2D eigenvalue weighted by Gasteiger charge is 2.40. The van der Waals surface area contributed by atoms with Crippen molar-refractivity contribution in [3.63, 3.8) is 0 Å². The first-order valence-electron chi connectivity index (χ1n) is 13.9. The number of carbonyl (C=O) groups is 9. The topological polar surface area (TPSA) is 344 Å². The van der Waals surface area contributed by atoms with E-state index in [0.29, 0.717) is 6.42 Å². The number of carbonyl (C=O) groups excluding carboxylic acids is 7. The van der Waals surface area contributed by atoms with Crippen LogP contribution in [0.3, 0.4) is 0 Å². The van der Waals surface area contributed by atoms with E-state index in [9.17, 15) is 53.4 Å². The maximum Gasteiger partial charge on any atom is 0.326 e. The minimum atomic E-state index is -1.68. The Morgan fingerprint density at radius 1 is 0.867 bits per heavy atom. The molecule has 6 atom stereocenters. The Hall–Kier alpha value is -4.85. The summed E-state index contributed by atoms with van der Waals surface area (Å²) in [5, 5.41) is 37.4. The standard InChI is InChI=1S/C25H40N8O12/c1-11(34)20(32-18(37)10-29-21(40)12(26)4-6-16(27)35)23(42)30-13(5-7-19(38)39)24(43)33-8-2-3-15(33)22(41)31-14(25(44)45)9-17(28)36/h11-15,20,34H,2-10,26H2,1H3,(H2,27,35)(H2,28,36)(H,29,40)(H,30,42)(H,31,41)(H,32,37)(H,38,39)(H,44,45)/t11-,12+,13+,14+,15+,20+/m1/s1. The van der Waals surface area contributed by atoms with Crippen molar-refractivity contribution in [1.82, 2.24) is 26.2 Å². The fraction of sp³-hybridized carbons (Fsp3) is 0.640. The molecule has 1 aliphatic rings. The van der Waals surface area contributed by atoms with E-state index >= 15 is 0 Å². The smallest absolute Gasteiger partial charge is 0.326 e. The number of nitrogens with one attached hydrogen (secondary N) is 4. The van der Waals surface area contributed by atoms with Crippen LogP contribution in [0, 0.1) is 0 Å². The molecule has 0 radical (unpaired) electrons. The summed E-state index contributed by atoms with van der Waals surface area (Å²) < 4.78 is 0. The van der Waals surface area contributed by atoms with Crippen molar-refractivity contribution < 1.29 is 58.5 Å². The predicted octanol–water partition coefficient (Wildman–Crippen LogP) is -5.65. The first-order valence-corrected chi connectivity index (χ1v) is 13.9. The Kier molecular flexibility index (Phi) is 15.3. The summed E-state index contributed by atoms with van der Waals surface area (Å²) in [6, 6.07) is -7.27. The van der Waals surface area contributed by atoms with Gasteiger partial charge in [-0.25, -0.2) is 4.79 Å². The Morgan fingerprint density at radius 2 is 1.51 bits per heavy atom. The Bertz CT molecular complexity index is 1160. The second-order valence-corrected chi connectivity index (χ2v) is 10.4. The van der Waals surface area contributed by atoms with Crippen LogP contribution in [-0.4, -0.2) is 123 Å². The minimum Gasteiger partial charge on any atom is -0.481 e. The summed E-state index contributed by atoms with van der Waals surface area (Å²) in [4.78, 5) is 110. The van der Waals surface area contributed by atoms with E-state index in [1.807, 2.05) is 0 Å². The van der Waals surface area contributed by atoms with Crippen LogP contribution in [0.2, 0.25) is 0 Å². The average molecular weight is 645 g/mol. The van der Waals surface area contributed by atoms with Crippen LogP contribution in [0.15, 0.2) is 0 Å². The van der Waals surface area contributed by atoms with Gasteiger partial charge in [-0.2, -0.15) is 0 Å². The van der Waals surface area contributed by atoms with Crippen molar-refractivity contribution in [2.45, 2.75) is 88.2 Å². The zero-order valence-electron chi connectivity index (χ0n) is 24.5. The van der Waals surface area contributed by atoms with Crippen molar-refractivity contribution in [1.29, 1.82) is 0 Å². The lowest BCUT2D eigenvalue weighted by Crippen LogP contribution is -2.60. The van der Waals surface area contributed by atoms with E-state index < -0.39 is 115 Å². The van der Waals surface area contributed by atoms with Gasteiger partial charge < -0.3 is 58.7 Å². The number of rotatable bonds is 19. The third kappa shape index (κ3) is 13.1. The van der Waals surface area contributed by atoms with Gasteiger partial charge in [-0.05, 0) is 32.6 Å². The molecular formula is C25H40N8O12. The molecule has 13 N–H and O–H groups in total. The molecule has 1 aliphatic heterocycles. The molecule has 20 heteroatoms. The van der Waals surface area contributed by atoms with Gasteiger partial charge in [0.05, 0.1) is 25.1 Å². The molecule has 0 bridgehead atoms. The Balaban J connectivity index is 3.00. The van der Waals surface area contributed by atoms with Crippen LogP contribution in [0.4, 0.5) is 0 Å². The number of nitrogens with two attached hydrogens (primary N) is 3. The third-order valence-electron chi connectivity index (χ3n) is 6.66. The second-order valence-electron chi connectivity index (χ2n) is 10.4. The summed E-state index contributed by atoms with van der Waals surface area (Å²) >= 11 is 0. The summed E-state index contributed by atoms with van der Waals surface area (Å²) in [5.41, 5.74) is 15.6. The monoisotopic (exact) mass is 644 g/mol. The van der Waals surface area contributed by atoms with Crippen LogP contribution < -0.4 is 38.5 Å². The molecule has 1 heterocycles. The summed E-state index contributed by atoms with van der Waals surface area (Å²) in [6.45, 7) is 0.448. The number of carboxylic acid groups (broad SMARTS) is 2. The first kappa shape index (κ1) is 38.2. The lowest BCUT2D eigenvalue weighted by atomic mass is 10.1. The summed E-state index contributed by atoms with van der Waals surface area (Å²) in [7, 11) is 0. The van der Waals surface area contributed by atoms with E-state index in [1.54, 1.807) is 0 Å². The number of nitrogens with zero attached hydrogens (tertiary/aromatic N) is 1. The third-order valence-corrected chi connectivity index (χ3v) is 6.66. The van der Waals surface area contributed by atoms with Gasteiger partial charge in [-0.3, -0.25) is 38.4 Å². The number of hydrogen-bond acceptors (Lipinski definition) is 11. The van der Waals surface area contributed by atoms with E-state index in [0.717, 1.165) is 11.8 Å². The van der Waals surface area contributed by atoms with Gasteiger partial charge in [0.1, 0.15) is 24.2 Å². The van der Waals surface area contributed by atoms with E-state index in [1.165, 1.54) is 0 Å². The maximum atomic E-state index is 13.5. The van der Waals surface area contributed by atoms with Gasteiger partial charge in [-0.15, -0.1) is 0 Å². The SMILES string of the molecule is C[C@@H](O)[C@H](NC(=O)CNC(=O)[C@@H](N)CCC(N)=O)C(=O)N[C@@H](CCC(=O)O)C(=O)N1CCC[C@H]1C(=O)N[C@@H](CC(N)=O)C(=O)O. The average Bonchev–Trinajstić information content (AvgIpc) is 3.44. The van der Waals surface area contributed by atoms with E-state index in [2.05, 4.69) is 21.3 Å². The van der Waals surface area contributed by atoms with Crippen molar-refractivity contribution in [2.75, 3.05) is 13.1 Å². The zero-order valence-corrected chi connectivity index (χ0v) is 24.5. The van der Waals surface area contributed by atoms with Crippen molar-refractivity contribution in [3.05, 3.63) is 0 Å². The molecule has 252 valence electrons. The predicted molar refractivity (Wildman–Crippen MR) is 150 cm³/mol. The van der Waals surface area contributed by atoms with Crippen LogP contribution >= 0.6 is 0 Å². The maximum absolute atomic E-state index is 13.5. The number of aliphatic hydroxyl groups is 1. The van der Waals surface area contributed by atoms with Crippen LogP contribution in [0.1, 0.15) is 51.9 Å². The molecule has 0 unspecified atom stereocenters. The van der Waals surface area contributed by atoms with Crippen LogP contribution in [-0.2, 0) is 43.2 Å². The number of aliphatic hydroxyl groups excluding tert-OH is 1. The molecule has 1 rings (SSSR count). The van der Waals surface area contributed by atoms with Gasteiger partial charge in [0.25, 0.3) is 0 Å². The minimum absolute atomic E-state index is 0.0121.